The number of fused-ring (bicyclic) bond motifs is 1. The Morgan fingerprint density at radius 2 is 1.64 bits per heavy atom. The molecular formula is C26H27ClN2O3S. The summed E-state index contributed by atoms with van der Waals surface area (Å²) < 4.78 is 29.5. The third kappa shape index (κ3) is 4.50. The molecule has 1 aliphatic rings. The van der Waals surface area contributed by atoms with Crippen LogP contribution in [0.2, 0.25) is 5.02 Å². The lowest BCUT2D eigenvalue weighted by atomic mass is 9.91. The zero-order chi connectivity index (χ0) is 23.6. The smallest absolute Gasteiger partial charge is 0.264 e. The second-order valence-corrected chi connectivity index (χ2v) is 10.5. The van der Waals surface area contributed by atoms with Gasteiger partial charge in [0.05, 0.1) is 16.6 Å². The van der Waals surface area contributed by atoms with Gasteiger partial charge in [0.15, 0.2) is 0 Å². The van der Waals surface area contributed by atoms with Gasteiger partial charge < -0.3 is 4.90 Å². The van der Waals surface area contributed by atoms with Crippen molar-refractivity contribution in [3.05, 3.63) is 89.4 Å². The van der Waals surface area contributed by atoms with E-state index >= 15 is 0 Å². The minimum atomic E-state index is -3.91. The number of nitrogens with zero attached hydrogens (tertiary/aromatic N) is 2. The first-order valence-corrected chi connectivity index (χ1v) is 12.9. The molecule has 1 aliphatic heterocycles. The summed E-state index contributed by atoms with van der Waals surface area (Å²) in [5.41, 5.74) is 2.17. The fraction of sp³-hybridized carbons (Fsp3) is 0.269. The molecule has 172 valence electrons. The molecule has 5 nitrogen and oxygen atoms in total. The normalized spacial score (nSPS) is 18.0. The molecule has 0 saturated heterocycles. The fourth-order valence-electron chi connectivity index (χ4n) is 4.50. The third-order valence-electron chi connectivity index (χ3n) is 5.96. The van der Waals surface area contributed by atoms with Crippen molar-refractivity contribution in [1.29, 1.82) is 0 Å². The van der Waals surface area contributed by atoms with Crippen molar-refractivity contribution in [3.8, 4) is 0 Å². The standard InChI is InChI=1S/C26H27ClN2O3S/c1-3-9-26(30)28-19(2)18-25(23-12-7-8-13-24(23)28)29(21-10-5-4-6-11-21)33(31,32)22-16-14-20(27)15-17-22/h4-8,10-17,19,25H,3,9,18H2,1-2H3/t19-,25-/m1/s1. The van der Waals surface area contributed by atoms with E-state index in [4.69, 9.17) is 11.6 Å². The largest absolute Gasteiger partial charge is 0.309 e. The van der Waals surface area contributed by atoms with E-state index in [-0.39, 0.29) is 16.8 Å². The third-order valence-corrected chi connectivity index (χ3v) is 8.06. The first-order chi connectivity index (χ1) is 15.8. The minimum Gasteiger partial charge on any atom is -0.309 e. The zero-order valence-corrected chi connectivity index (χ0v) is 20.3. The van der Waals surface area contributed by atoms with E-state index in [2.05, 4.69) is 0 Å². The molecule has 0 N–H and O–H groups in total. The molecule has 2 atom stereocenters. The molecule has 4 rings (SSSR count). The lowest BCUT2D eigenvalue weighted by Crippen LogP contribution is -2.47. The molecule has 0 unspecified atom stereocenters. The average molecular weight is 483 g/mol. The zero-order valence-electron chi connectivity index (χ0n) is 18.7. The highest BCUT2D eigenvalue weighted by molar-refractivity contribution is 7.92. The quantitative estimate of drug-likeness (QED) is 0.420. The van der Waals surface area contributed by atoms with Crippen LogP contribution in [0.1, 0.15) is 44.7 Å². The Hall–Kier alpha value is -2.83. The van der Waals surface area contributed by atoms with Crippen LogP contribution >= 0.6 is 11.6 Å². The maximum atomic E-state index is 14.0. The van der Waals surface area contributed by atoms with Crippen LogP contribution in [0.4, 0.5) is 11.4 Å². The number of amides is 1. The van der Waals surface area contributed by atoms with E-state index in [0.717, 1.165) is 17.7 Å². The number of benzene rings is 3. The van der Waals surface area contributed by atoms with Gasteiger partial charge in [0, 0.05) is 23.2 Å². The Morgan fingerprint density at radius 3 is 2.30 bits per heavy atom. The first kappa shape index (κ1) is 23.3. The topological polar surface area (TPSA) is 57.7 Å². The number of hydrogen-bond acceptors (Lipinski definition) is 3. The van der Waals surface area contributed by atoms with Crippen molar-refractivity contribution in [2.75, 3.05) is 9.21 Å². The second-order valence-electron chi connectivity index (χ2n) is 8.26. The van der Waals surface area contributed by atoms with Gasteiger partial charge in [0.1, 0.15) is 0 Å². The van der Waals surface area contributed by atoms with Gasteiger partial charge in [-0.15, -0.1) is 0 Å². The SMILES string of the molecule is CCCC(=O)N1c2ccccc2[C@H](N(c2ccccc2)S(=O)(=O)c2ccc(Cl)cc2)C[C@H]1C. The number of para-hydroxylation sites is 2. The van der Waals surface area contributed by atoms with Crippen LogP contribution in [0.3, 0.4) is 0 Å². The average Bonchev–Trinajstić information content (AvgIpc) is 2.80. The Labute approximate surface area is 200 Å². The van der Waals surface area contributed by atoms with Crippen molar-refractivity contribution in [3.63, 3.8) is 0 Å². The van der Waals surface area contributed by atoms with Gasteiger partial charge in [0.2, 0.25) is 5.91 Å². The highest BCUT2D eigenvalue weighted by Crippen LogP contribution is 2.44. The van der Waals surface area contributed by atoms with Crippen LogP contribution in [0.15, 0.2) is 83.8 Å². The number of hydrogen-bond donors (Lipinski definition) is 0. The molecule has 0 radical (unpaired) electrons. The van der Waals surface area contributed by atoms with E-state index in [1.165, 1.54) is 16.4 Å². The lowest BCUT2D eigenvalue weighted by molar-refractivity contribution is -0.119. The number of carbonyl (C=O) groups excluding carboxylic acids is 1. The lowest BCUT2D eigenvalue weighted by Gasteiger charge is -2.43. The first-order valence-electron chi connectivity index (χ1n) is 11.1. The predicted octanol–water partition coefficient (Wildman–Crippen LogP) is 6.20. The molecule has 0 saturated carbocycles. The molecule has 0 bridgehead atoms. The Morgan fingerprint density at radius 1 is 1.00 bits per heavy atom. The highest BCUT2D eigenvalue weighted by Gasteiger charge is 2.40. The molecule has 3 aromatic carbocycles. The summed E-state index contributed by atoms with van der Waals surface area (Å²) in [6.45, 7) is 3.96. The van der Waals surface area contributed by atoms with Gasteiger partial charge >= 0.3 is 0 Å². The van der Waals surface area contributed by atoms with Gasteiger partial charge in [-0.2, -0.15) is 0 Å². The Bertz CT molecular complexity index is 1230. The van der Waals surface area contributed by atoms with E-state index in [0.29, 0.717) is 23.6 Å². The highest BCUT2D eigenvalue weighted by atomic mass is 35.5. The van der Waals surface area contributed by atoms with Gasteiger partial charge in [-0.25, -0.2) is 8.42 Å². The van der Waals surface area contributed by atoms with Crippen molar-refractivity contribution in [2.45, 2.75) is 50.1 Å². The van der Waals surface area contributed by atoms with E-state index in [1.54, 1.807) is 24.3 Å². The molecule has 0 aromatic heterocycles. The molecule has 3 aromatic rings. The summed E-state index contributed by atoms with van der Waals surface area (Å²) in [7, 11) is -3.91. The second kappa shape index (κ2) is 9.57. The molecule has 0 aliphatic carbocycles. The maximum absolute atomic E-state index is 14.0. The molecule has 1 heterocycles. The van der Waals surface area contributed by atoms with Crippen LogP contribution in [0.5, 0.6) is 0 Å². The maximum Gasteiger partial charge on any atom is 0.264 e. The number of anilines is 2. The fourth-order valence-corrected chi connectivity index (χ4v) is 6.27. The summed E-state index contributed by atoms with van der Waals surface area (Å²) in [5.74, 6) is 0.0581. The summed E-state index contributed by atoms with van der Waals surface area (Å²) in [5, 5.41) is 0.474. The van der Waals surface area contributed by atoms with Crippen LogP contribution in [0, 0.1) is 0 Å². The van der Waals surface area contributed by atoms with Crippen molar-refractivity contribution < 1.29 is 13.2 Å². The van der Waals surface area contributed by atoms with Gasteiger partial charge in [-0.05, 0) is 67.8 Å². The van der Waals surface area contributed by atoms with Crippen molar-refractivity contribution in [2.24, 2.45) is 0 Å². The molecule has 0 spiro atoms. The van der Waals surface area contributed by atoms with Crippen molar-refractivity contribution in [1.82, 2.24) is 0 Å². The summed E-state index contributed by atoms with van der Waals surface area (Å²) in [6, 6.07) is 22.3. The van der Waals surface area contributed by atoms with Gasteiger partial charge in [-0.1, -0.05) is 54.9 Å². The van der Waals surface area contributed by atoms with Gasteiger partial charge in [-0.3, -0.25) is 9.10 Å². The number of sulfonamides is 1. The Kier molecular flexibility index (Phi) is 6.77. The summed E-state index contributed by atoms with van der Waals surface area (Å²) >= 11 is 6.02. The number of halogens is 1. The molecular weight excluding hydrogens is 456 g/mol. The van der Waals surface area contributed by atoms with E-state index in [1.807, 2.05) is 61.2 Å². The molecule has 0 fully saturated rings. The minimum absolute atomic E-state index is 0.0581. The van der Waals surface area contributed by atoms with Crippen molar-refractivity contribution >= 4 is 38.9 Å². The predicted molar refractivity (Wildman–Crippen MR) is 133 cm³/mol. The van der Waals surface area contributed by atoms with Crippen LogP contribution in [-0.4, -0.2) is 20.4 Å². The van der Waals surface area contributed by atoms with Gasteiger partial charge in [0.25, 0.3) is 10.0 Å². The molecule has 33 heavy (non-hydrogen) atoms. The number of rotatable bonds is 6. The molecule has 1 amide bonds. The summed E-state index contributed by atoms with van der Waals surface area (Å²) in [6.07, 6.45) is 1.69. The monoisotopic (exact) mass is 482 g/mol. The van der Waals surface area contributed by atoms with Crippen LogP contribution in [0.25, 0.3) is 0 Å². The van der Waals surface area contributed by atoms with Crippen LogP contribution < -0.4 is 9.21 Å². The Balaban J connectivity index is 1.88. The number of carbonyl (C=O) groups is 1. The molecule has 7 heteroatoms. The van der Waals surface area contributed by atoms with Crippen LogP contribution in [-0.2, 0) is 14.8 Å². The summed E-state index contributed by atoms with van der Waals surface area (Å²) in [4.78, 5) is 14.9. The van der Waals surface area contributed by atoms with E-state index in [9.17, 15) is 13.2 Å². The van der Waals surface area contributed by atoms with E-state index < -0.39 is 16.1 Å².